The normalized spacial score (nSPS) is 26.0. The van der Waals surface area contributed by atoms with E-state index < -0.39 is 0 Å². The number of ether oxygens (including phenoxy) is 1. The summed E-state index contributed by atoms with van der Waals surface area (Å²) in [6.07, 6.45) is 1.52. The van der Waals surface area contributed by atoms with Crippen LogP contribution in [0.3, 0.4) is 0 Å². The van der Waals surface area contributed by atoms with Crippen molar-refractivity contribution in [2.45, 2.75) is 37.0 Å². The Kier molecular flexibility index (Phi) is 3.72. The molecule has 1 fully saturated rings. The molecule has 1 saturated heterocycles. The Morgan fingerprint density at radius 2 is 2.27 bits per heavy atom. The molecule has 4 heteroatoms. The third-order valence-electron chi connectivity index (χ3n) is 2.66. The molecule has 0 amide bonds. The molecule has 15 heavy (non-hydrogen) atoms. The molecular formula is C11H17NO2S. The van der Waals surface area contributed by atoms with Crippen LogP contribution in [0.15, 0.2) is 16.5 Å². The first-order valence-electron chi connectivity index (χ1n) is 5.30. The standard InChI is InChI=1S/C11H17NO2S/c1-8-11(4-5-13-8)15-7-10-3-2-9(6-12)14-10/h2-3,8,11H,4-7,12H2,1H3. The second kappa shape index (κ2) is 5.05. The second-order valence-electron chi connectivity index (χ2n) is 3.79. The fourth-order valence-corrected chi connectivity index (χ4v) is 2.88. The number of hydrogen-bond acceptors (Lipinski definition) is 4. The molecule has 84 valence electrons. The first kappa shape index (κ1) is 11.0. The molecule has 0 saturated carbocycles. The molecule has 2 atom stereocenters. The maximum absolute atomic E-state index is 5.54. The number of nitrogens with two attached hydrogens (primary N) is 1. The lowest BCUT2D eigenvalue weighted by molar-refractivity contribution is 0.127. The molecule has 1 aromatic rings. The Morgan fingerprint density at radius 1 is 1.47 bits per heavy atom. The van der Waals surface area contributed by atoms with Crippen LogP contribution in [0.25, 0.3) is 0 Å². The Morgan fingerprint density at radius 3 is 2.87 bits per heavy atom. The van der Waals surface area contributed by atoms with Crippen molar-refractivity contribution >= 4 is 11.8 Å². The molecular weight excluding hydrogens is 210 g/mol. The fourth-order valence-electron chi connectivity index (χ4n) is 1.73. The van der Waals surface area contributed by atoms with Crippen molar-refractivity contribution in [1.29, 1.82) is 0 Å². The van der Waals surface area contributed by atoms with E-state index in [1.807, 2.05) is 23.9 Å². The molecule has 0 aromatic carbocycles. The maximum atomic E-state index is 5.54. The van der Waals surface area contributed by atoms with Crippen LogP contribution in [-0.4, -0.2) is 18.0 Å². The minimum atomic E-state index is 0.374. The largest absolute Gasteiger partial charge is 0.464 e. The molecule has 0 aliphatic carbocycles. The van der Waals surface area contributed by atoms with E-state index in [-0.39, 0.29) is 0 Å². The van der Waals surface area contributed by atoms with Crippen LogP contribution in [0.2, 0.25) is 0 Å². The van der Waals surface area contributed by atoms with Gasteiger partial charge in [-0.2, -0.15) is 0 Å². The minimum absolute atomic E-state index is 0.374. The predicted octanol–water partition coefficient (Wildman–Crippen LogP) is 2.15. The van der Waals surface area contributed by atoms with Crippen molar-refractivity contribution in [1.82, 2.24) is 0 Å². The van der Waals surface area contributed by atoms with Gasteiger partial charge in [0.15, 0.2) is 0 Å². The summed E-state index contributed by atoms with van der Waals surface area (Å²) in [6.45, 7) is 3.51. The van der Waals surface area contributed by atoms with Gasteiger partial charge in [-0.05, 0) is 25.5 Å². The number of furan rings is 1. The quantitative estimate of drug-likeness (QED) is 0.856. The highest BCUT2D eigenvalue weighted by Crippen LogP contribution is 2.29. The molecule has 1 aliphatic rings. The zero-order chi connectivity index (χ0) is 10.7. The Balaban J connectivity index is 1.82. The van der Waals surface area contributed by atoms with E-state index in [9.17, 15) is 0 Å². The Labute approximate surface area is 94.4 Å². The molecule has 0 bridgehead atoms. The van der Waals surface area contributed by atoms with Crippen molar-refractivity contribution in [2.75, 3.05) is 6.61 Å². The van der Waals surface area contributed by atoms with E-state index in [0.29, 0.717) is 17.9 Å². The lowest BCUT2D eigenvalue weighted by Gasteiger charge is -2.12. The van der Waals surface area contributed by atoms with Gasteiger partial charge in [0.2, 0.25) is 0 Å². The van der Waals surface area contributed by atoms with Crippen molar-refractivity contribution < 1.29 is 9.15 Å². The zero-order valence-corrected chi connectivity index (χ0v) is 9.76. The van der Waals surface area contributed by atoms with Crippen LogP contribution in [-0.2, 0) is 17.0 Å². The van der Waals surface area contributed by atoms with Crippen molar-refractivity contribution in [2.24, 2.45) is 5.73 Å². The molecule has 0 radical (unpaired) electrons. The molecule has 2 unspecified atom stereocenters. The van der Waals surface area contributed by atoms with Crippen LogP contribution in [0.1, 0.15) is 24.9 Å². The van der Waals surface area contributed by atoms with Crippen LogP contribution < -0.4 is 5.73 Å². The molecule has 1 aliphatic heterocycles. The van der Waals surface area contributed by atoms with Gasteiger partial charge in [-0.3, -0.25) is 0 Å². The second-order valence-corrected chi connectivity index (χ2v) is 5.01. The van der Waals surface area contributed by atoms with Gasteiger partial charge in [-0.1, -0.05) is 0 Å². The maximum Gasteiger partial charge on any atom is 0.117 e. The van der Waals surface area contributed by atoms with E-state index in [0.717, 1.165) is 30.3 Å². The van der Waals surface area contributed by atoms with Crippen molar-refractivity contribution in [3.63, 3.8) is 0 Å². The van der Waals surface area contributed by atoms with E-state index >= 15 is 0 Å². The SMILES string of the molecule is CC1OCCC1SCc1ccc(CN)o1. The van der Waals surface area contributed by atoms with Gasteiger partial charge < -0.3 is 14.9 Å². The van der Waals surface area contributed by atoms with Gasteiger partial charge in [0.1, 0.15) is 11.5 Å². The van der Waals surface area contributed by atoms with Crippen LogP contribution >= 0.6 is 11.8 Å². The highest BCUT2D eigenvalue weighted by atomic mass is 32.2. The lowest BCUT2D eigenvalue weighted by atomic mass is 10.3. The van der Waals surface area contributed by atoms with Gasteiger partial charge in [0, 0.05) is 11.9 Å². The summed E-state index contributed by atoms with van der Waals surface area (Å²) in [6, 6.07) is 3.96. The summed E-state index contributed by atoms with van der Waals surface area (Å²) in [4.78, 5) is 0. The predicted molar refractivity (Wildman–Crippen MR) is 61.7 cm³/mol. The van der Waals surface area contributed by atoms with Gasteiger partial charge in [0.25, 0.3) is 0 Å². The van der Waals surface area contributed by atoms with Crippen LogP contribution in [0.5, 0.6) is 0 Å². The minimum Gasteiger partial charge on any atom is -0.464 e. The topological polar surface area (TPSA) is 48.4 Å². The summed E-state index contributed by atoms with van der Waals surface area (Å²) >= 11 is 1.91. The zero-order valence-electron chi connectivity index (χ0n) is 8.94. The fraction of sp³-hybridized carbons (Fsp3) is 0.636. The van der Waals surface area contributed by atoms with Gasteiger partial charge in [-0.15, -0.1) is 11.8 Å². The van der Waals surface area contributed by atoms with Gasteiger partial charge in [-0.25, -0.2) is 0 Å². The highest BCUT2D eigenvalue weighted by molar-refractivity contribution is 7.99. The summed E-state index contributed by atoms with van der Waals surface area (Å²) in [5, 5.41) is 0.608. The molecule has 0 spiro atoms. The van der Waals surface area contributed by atoms with E-state index in [4.69, 9.17) is 14.9 Å². The number of thioether (sulfide) groups is 1. The average Bonchev–Trinajstić information content (AvgIpc) is 2.84. The average molecular weight is 227 g/mol. The molecule has 1 aromatic heterocycles. The number of hydrogen-bond donors (Lipinski definition) is 1. The van der Waals surface area contributed by atoms with Gasteiger partial charge >= 0.3 is 0 Å². The summed E-state index contributed by atoms with van der Waals surface area (Å²) in [7, 11) is 0. The first-order chi connectivity index (χ1) is 7.29. The van der Waals surface area contributed by atoms with E-state index in [1.54, 1.807) is 0 Å². The summed E-state index contributed by atoms with van der Waals surface area (Å²) < 4.78 is 11.0. The van der Waals surface area contributed by atoms with Gasteiger partial charge in [0.05, 0.1) is 18.4 Å². The van der Waals surface area contributed by atoms with Crippen LogP contribution in [0.4, 0.5) is 0 Å². The highest BCUT2D eigenvalue weighted by Gasteiger charge is 2.24. The summed E-state index contributed by atoms with van der Waals surface area (Å²) in [5.41, 5.74) is 5.48. The molecule has 2 rings (SSSR count). The third kappa shape index (κ3) is 2.77. The van der Waals surface area contributed by atoms with Crippen LogP contribution in [0, 0.1) is 0 Å². The first-order valence-corrected chi connectivity index (χ1v) is 6.35. The Bertz CT molecular complexity index is 313. The molecule has 3 nitrogen and oxygen atoms in total. The van der Waals surface area contributed by atoms with E-state index in [2.05, 4.69) is 6.92 Å². The summed E-state index contributed by atoms with van der Waals surface area (Å²) in [5.74, 6) is 2.79. The monoisotopic (exact) mass is 227 g/mol. The Hall–Kier alpha value is -0.450. The van der Waals surface area contributed by atoms with Crippen molar-refractivity contribution in [3.05, 3.63) is 23.7 Å². The molecule has 2 N–H and O–H groups in total. The molecule has 2 heterocycles. The van der Waals surface area contributed by atoms with Crippen molar-refractivity contribution in [3.8, 4) is 0 Å². The van der Waals surface area contributed by atoms with E-state index in [1.165, 1.54) is 0 Å². The lowest BCUT2D eigenvalue weighted by Crippen LogP contribution is -2.13. The smallest absolute Gasteiger partial charge is 0.117 e. The number of rotatable bonds is 4. The third-order valence-corrected chi connectivity index (χ3v) is 4.16.